The van der Waals surface area contributed by atoms with Crippen LogP contribution in [0.1, 0.15) is 44.9 Å². The van der Waals surface area contributed by atoms with E-state index in [-0.39, 0.29) is 5.54 Å². The second kappa shape index (κ2) is 4.87. The van der Waals surface area contributed by atoms with Crippen molar-refractivity contribution >= 4 is 0 Å². The third kappa shape index (κ3) is 2.51. The molecular weight excluding hydrogens is 212 g/mol. The SMILES string of the molecule is NC1(CN2CCCC2C2CCCC2)CCOC1. The molecule has 0 amide bonds. The summed E-state index contributed by atoms with van der Waals surface area (Å²) in [7, 11) is 0. The summed E-state index contributed by atoms with van der Waals surface area (Å²) in [5.41, 5.74) is 6.38. The Kier molecular flexibility index (Phi) is 3.42. The molecule has 2 saturated heterocycles. The fourth-order valence-electron chi connectivity index (χ4n) is 4.08. The molecule has 2 aliphatic heterocycles. The highest BCUT2D eigenvalue weighted by molar-refractivity contribution is 4.96. The zero-order valence-corrected chi connectivity index (χ0v) is 10.9. The summed E-state index contributed by atoms with van der Waals surface area (Å²) >= 11 is 0. The van der Waals surface area contributed by atoms with E-state index >= 15 is 0 Å². The highest BCUT2D eigenvalue weighted by atomic mass is 16.5. The van der Waals surface area contributed by atoms with Crippen LogP contribution in [0.5, 0.6) is 0 Å². The predicted octanol–water partition coefficient (Wildman–Crippen LogP) is 1.76. The van der Waals surface area contributed by atoms with Gasteiger partial charge in [-0.3, -0.25) is 4.90 Å². The minimum atomic E-state index is -0.0544. The molecule has 0 aromatic heterocycles. The van der Waals surface area contributed by atoms with Crippen molar-refractivity contribution in [2.45, 2.75) is 56.5 Å². The zero-order valence-electron chi connectivity index (χ0n) is 10.9. The zero-order chi connectivity index (χ0) is 11.7. The second-order valence-corrected chi connectivity index (χ2v) is 6.39. The monoisotopic (exact) mass is 238 g/mol. The van der Waals surface area contributed by atoms with Gasteiger partial charge in [-0.2, -0.15) is 0 Å². The van der Waals surface area contributed by atoms with Crippen molar-refractivity contribution in [3.63, 3.8) is 0 Å². The first kappa shape index (κ1) is 11.9. The molecule has 3 fully saturated rings. The van der Waals surface area contributed by atoms with Gasteiger partial charge in [-0.25, -0.2) is 0 Å². The van der Waals surface area contributed by atoms with Crippen LogP contribution in [0.25, 0.3) is 0 Å². The Morgan fingerprint density at radius 2 is 2.00 bits per heavy atom. The van der Waals surface area contributed by atoms with Gasteiger partial charge in [-0.1, -0.05) is 12.8 Å². The van der Waals surface area contributed by atoms with Gasteiger partial charge >= 0.3 is 0 Å². The minimum Gasteiger partial charge on any atom is -0.379 e. The third-order valence-electron chi connectivity index (χ3n) is 5.01. The summed E-state index contributed by atoms with van der Waals surface area (Å²) in [6.07, 6.45) is 9.63. The van der Waals surface area contributed by atoms with E-state index in [2.05, 4.69) is 4.90 Å². The Bertz CT molecular complexity index is 257. The fourth-order valence-corrected chi connectivity index (χ4v) is 4.08. The van der Waals surface area contributed by atoms with E-state index in [1.165, 1.54) is 45.1 Å². The number of hydrogen-bond acceptors (Lipinski definition) is 3. The lowest BCUT2D eigenvalue weighted by molar-refractivity contribution is 0.128. The van der Waals surface area contributed by atoms with Gasteiger partial charge < -0.3 is 10.5 Å². The Balaban J connectivity index is 1.61. The lowest BCUT2D eigenvalue weighted by Crippen LogP contribution is -2.52. The van der Waals surface area contributed by atoms with Crippen LogP contribution in [0.3, 0.4) is 0 Å². The first-order valence-corrected chi connectivity index (χ1v) is 7.38. The Morgan fingerprint density at radius 1 is 1.18 bits per heavy atom. The van der Waals surface area contributed by atoms with Gasteiger partial charge in [0.05, 0.1) is 12.1 Å². The normalized spacial score (nSPS) is 40.4. The van der Waals surface area contributed by atoms with Crippen molar-refractivity contribution in [2.75, 3.05) is 26.3 Å². The quantitative estimate of drug-likeness (QED) is 0.814. The van der Waals surface area contributed by atoms with Crippen molar-refractivity contribution in [2.24, 2.45) is 11.7 Å². The molecule has 3 aliphatic rings. The average molecular weight is 238 g/mol. The van der Waals surface area contributed by atoms with Gasteiger partial charge in [0.25, 0.3) is 0 Å². The second-order valence-electron chi connectivity index (χ2n) is 6.39. The lowest BCUT2D eigenvalue weighted by atomic mass is 9.93. The van der Waals surface area contributed by atoms with Crippen LogP contribution in [0.2, 0.25) is 0 Å². The molecule has 0 radical (unpaired) electrons. The maximum Gasteiger partial charge on any atom is 0.0659 e. The number of nitrogens with zero attached hydrogens (tertiary/aromatic N) is 1. The molecule has 0 spiro atoms. The molecule has 3 rings (SSSR count). The van der Waals surface area contributed by atoms with E-state index < -0.39 is 0 Å². The molecular formula is C14H26N2O. The van der Waals surface area contributed by atoms with Gasteiger partial charge in [-0.15, -0.1) is 0 Å². The molecule has 3 heteroatoms. The standard InChI is InChI=1S/C14H26N2O/c15-14(7-9-17-11-14)10-16-8-3-6-13(16)12-4-1-2-5-12/h12-13H,1-11,15H2. The molecule has 2 unspecified atom stereocenters. The first-order valence-electron chi connectivity index (χ1n) is 7.38. The van der Waals surface area contributed by atoms with Crippen LogP contribution in [-0.4, -0.2) is 42.8 Å². The number of nitrogens with two attached hydrogens (primary N) is 1. The number of hydrogen-bond donors (Lipinski definition) is 1. The summed E-state index contributed by atoms with van der Waals surface area (Å²) in [5, 5.41) is 0. The number of rotatable bonds is 3. The molecule has 2 heterocycles. The van der Waals surface area contributed by atoms with Gasteiger partial charge in [-0.05, 0) is 44.6 Å². The van der Waals surface area contributed by atoms with Crippen molar-refractivity contribution in [1.29, 1.82) is 0 Å². The molecule has 2 N–H and O–H groups in total. The van der Waals surface area contributed by atoms with Crippen molar-refractivity contribution in [3.05, 3.63) is 0 Å². The molecule has 17 heavy (non-hydrogen) atoms. The molecule has 0 bridgehead atoms. The highest BCUT2D eigenvalue weighted by Crippen LogP contribution is 2.36. The van der Waals surface area contributed by atoms with E-state index in [4.69, 9.17) is 10.5 Å². The Morgan fingerprint density at radius 3 is 2.71 bits per heavy atom. The van der Waals surface area contributed by atoms with Crippen molar-refractivity contribution in [1.82, 2.24) is 4.90 Å². The first-order chi connectivity index (χ1) is 8.27. The number of ether oxygens (including phenoxy) is 1. The molecule has 98 valence electrons. The van der Waals surface area contributed by atoms with Crippen LogP contribution in [0.15, 0.2) is 0 Å². The third-order valence-corrected chi connectivity index (χ3v) is 5.01. The highest BCUT2D eigenvalue weighted by Gasteiger charge is 2.39. The summed E-state index contributed by atoms with van der Waals surface area (Å²) in [6.45, 7) is 3.95. The smallest absolute Gasteiger partial charge is 0.0659 e. The van der Waals surface area contributed by atoms with Crippen molar-refractivity contribution in [3.8, 4) is 0 Å². The summed E-state index contributed by atoms with van der Waals surface area (Å²) in [6, 6.07) is 0.832. The average Bonchev–Trinajstić information content (AvgIpc) is 2.98. The van der Waals surface area contributed by atoms with Crippen LogP contribution in [0, 0.1) is 5.92 Å². The summed E-state index contributed by atoms with van der Waals surface area (Å²) in [5.74, 6) is 0.962. The Hall–Kier alpha value is -0.120. The van der Waals surface area contributed by atoms with Gasteiger partial charge in [0.2, 0.25) is 0 Å². The van der Waals surface area contributed by atoms with Gasteiger partial charge in [0, 0.05) is 19.2 Å². The summed E-state index contributed by atoms with van der Waals surface area (Å²) < 4.78 is 5.48. The van der Waals surface area contributed by atoms with Gasteiger partial charge in [0.15, 0.2) is 0 Å². The fraction of sp³-hybridized carbons (Fsp3) is 1.00. The predicted molar refractivity (Wildman–Crippen MR) is 68.9 cm³/mol. The lowest BCUT2D eigenvalue weighted by Gasteiger charge is -2.35. The molecule has 0 aromatic carbocycles. The van der Waals surface area contributed by atoms with E-state index in [1.807, 2.05) is 0 Å². The van der Waals surface area contributed by atoms with Crippen LogP contribution >= 0.6 is 0 Å². The molecule has 3 nitrogen and oxygen atoms in total. The summed E-state index contributed by atoms with van der Waals surface area (Å²) in [4.78, 5) is 2.69. The molecule has 2 atom stereocenters. The Labute approximate surface area is 105 Å². The van der Waals surface area contributed by atoms with Crippen LogP contribution in [0.4, 0.5) is 0 Å². The van der Waals surface area contributed by atoms with Crippen molar-refractivity contribution < 1.29 is 4.74 Å². The maximum atomic E-state index is 6.43. The molecule has 0 aromatic rings. The molecule has 1 aliphatic carbocycles. The minimum absolute atomic E-state index is 0.0544. The largest absolute Gasteiger partial charge is 0.379 e. The van der Waals surface area contributed by atoms with Gasteiger partial charge in [0.1, 0.15) is 0 Å². The topological polar surface area (TPSA) is 38.5 Å². The van der Waals surface area contributed by atoms with E-state index in [0.29, 0.717) is 0 Å². The van der Waals surface area contributed by atoms with Crippen LogP contribution in [-0.2, 0) is 4.74 Å². The number of likely N-dealkylation sites (tertiary alicyclic amines) is 1. The van der Waals surface area contributed by atoms with E-state index in [0.717, 1.165) is 38.1 Å². The van der Waals surface area contributed by atoms with E-state index in [9.17, 15) is 0 Å². The van der Waals surface area contributed by atoms with E-state index in [1.54, 1.807) is 0 Å². The van der Waals surface area contributed by atoms with Crippen LogP contribution < -0.4 is 5.73 Å². The molecule has 1 saturated carbocycles. The maximum absolute atomic E-state index is 6.43.